The molecule has 366 valence electrons. The third-order valence-electron chi connectivity index (χ3n) is 15.3. The van der Waals surface area contributed by atoms with E-state index in [0.717, 1.165) is 94.6 Å². The molecule has 13 rings (SSSR count). The molecule has 1 aromatic heterocycles. The van der Waals surface area contributed by atoms with Crippen LogP contribution in [-0.4, -0.2) is 30.1 Å². The molecule has 0 bridgehead atoms. The van der Waals surface area contributed by atoms with Gasteiger partial charge in [-0.25, -0.2) is 0 Å². The molecule has 12 aromatic rings. The van der Waals surface area contributed by atoms with Gasteiger partial charge < -0.3 is 35.0 Å². The normalized spacial score (nSPS) is 12.4. The first kappa shape index (κ1) is 45.9. The molecule has 0 unspecified atom stereocenters. The number of aromatic hydroxyl groups is 5. The summed E-state index contributed by atoms with van der Waals surface area (Å²) in [7, 11) is 0. The van der Waals surface area contributed by atoms with Crippen LogP contribution in [0, 0.1) is 0 Å². The maximum atomic E-state index is 10.9. The van der Waals surface area contributed by atoms with Gasteiger partial charge >= 0.3 is 0 Å². The Labute approximate surface area is 440 Å². The minimum absolute atomic E-state index is 0.214. The third-order valence-corrected chi connectivity index (χ3v) is 15.3. The van der Waals surface area contributed by atoms with Gasteiger partial charge in [0, 0.05) is 38.9 Å². The molecule has 7 nitrogen and oxygen atoms in total. The molecule has 0 radical (unpaired) electrons. The molecule has 0 saturated heterocycles. The summed E-state index contributed by atoms with van der Waals surface area (Å²) < 4.78 is 2.40. The Balaban J connectivity index is 1.02. The number of hydrogen-bond acceptors (Lipinski definition) is 6. The summed E-state index contributed by atoms with van der Waals surface area (Å²) >= 11 is 0. The van der Waals surface area contributed by atoms with Crippen LogP contribution in [0.2, 0.25) is 0 Å². The summed E-state index contributed by atoms with van der Waals surface area (Å²) in [5.74, 6) is -4.37. The number of phenols is 5. The summed E-state index contributed by atoms with van der Waals surface area (Å²) in [5, 5.41) is 55.3. The first-order chi connectivity index (χ1) is 37.0. The van der Waals surface area contributed by atoms with Crippen LogP contribution in [-0.2, 0) is 5.41 Å². The maximum absolute atomic E-state index is 10.9. The fourth-order valence-corrected chi connectivity index (χ4v) is 11.6. The average molecular weight is 987 g/mol. The van der Waals surface area contributed by atoms with Crippen LogP contribution >= 0.6 is 0 Å². The summed E-state index contributed by atoms with van der Waals surface area (Å²) in [6, 6.07) is 82.8. The lowest BCUT2D eigenvalue weighted by molar-refractivity contribution is 0.330. The molecule has 0 atom stereocenters. The van der Waals surface area contributed by atoms with Gasteiger partial charge in [0.05, 0.1) is 16.6 Å². The fourth-order valence-electron chi connectivity index (χ4n) is 11.6. The van der Waals surface area contributed by atoms with Crippen molar-refractivity contribution in [3.05, 3.63) is 248 Å². The Hall–Kier alpha value is -9.98. The monoisotopic (exact) mass is 986 g/mol. The first-order valence-corrected chi connectivity index (χ1v) is 25.4. The number of rotatable bonds is 9. The number of anilines is 3. The first-order valence-electron chi connectivity index (χ1n) is 25.4. The quantitative estimate of drug-likeness (QED) is 0.0728. The smallest absolute Gasteiger partial charge is 0.208 e. The van der Waals surface area contributed by atoms with E-state index in [9.17, 15) is 25.5 Å². The molecule has 1 heterocycles. The van der Waals surface area contributed by atoms with Crippen molar-refractivity contribution in [3.8, 4) is 101 Å². The lowest BCUT2D eigenvalue weighted by atomic mass is 9.78. The lowest BCUT2D eigenvalue weighted by Crippen LogP contribution is -2.17. The van der Waals surface area contributed by atoms with E-state index >= 15 is 0 Å². The van der Waals surface area contributed by atoms with Crippen molar-refractivity contribution in [1.29, 1.82) is 0 Å². The predicted molar refractivity (Wildman–Crippen MR) is 309 cm³/mol. The van der Waals surface area contributed by atoms with Crippen LogP contribution in [0.3, 0.4) is 0 Å². The SMILES string of the molecule is CC1(C)c2ccccc2-c2cc(N(c3ccc(-c4ccccc4)cc3)c3ccc(-c4c(O)c(O)c(O)c(O)c4O)cc3)cc(-c3ccc4c(c3)c3ccccc3n4-c3cc(-c4ccccc4)cc(-c4ccccc4)c3)c21. The highest BCUT2D eigenvalue weighted by Crippen LogP contribution is 2.57. The summed E-state index contributed by atoms with van der Waals surface area (Å²) in [5.41, 5.74) is 19.3. The van der Waals surface area contributed by atoms with Gasteiger partial charge in [-0.2, -0.15) is 0 Å². The van der Waals surface area contributed by atoms with Crippen molar-refractivity contribution in [2.45, 2.75) is 19.3 Å². The molecule has 0 amide bonds. The van der Waals surface area contributed by atoms with Crippen molar-refractivity contribution < 1.29 is 25.5 Å². The van der Waals surface area contributed by atoms with E-state index in [1.54, 1.807) is 12.1 Å². The van der Waals surface area contributed by atoms with E-state index in [-0.39, 0.29) is 11.0 Å². The van der Waals surface area contributed by atoms with Gasteiger partial charge in [-0.1, -0.05) is 178 Å². The topological polar surface area (TPSA) is 109 Å². The molecule has 0 saturated carbocycles. The molecule has 0 fully saturated rings. The van der Waals surface area contributed by atoms with Crippen LogP contribution in [0.4, 0.5) is 17.1 Å². The van der Waals surface area contributed by atoms with Gasteiger partial charge in [0.25, 0.3) is 0 Å². The zero-order valence-corrected chi connectivity index (χ0v) is 41.6. The van der Waals surface area contributed by atoms with Crippen molar-refractivity contribution in [3.63, 3.8) is 0 Å². The second kappa shape index (κ2) is 17.9. The molecular weight excluding hydrogens is 937 g/mol. The van der Waals surface area contributed by atoms with Crippen LogP contribution in [0.15, 0.2) is 237 Å². The van der Waals surface area contributed by atoms with Gasteiger partial charge in [0.2, 0.25) is 17.2 Å². The second-order valence-corrected chi connectivity index (χ2v) is 20.1. The van der Waals surface area contributed by atoms with Crippen molar-refractivity contribution in [1.82, 2.24) is 4.57 Å². The van der Waals surface area contributed by atoms with Gasteiger partial charge in [0.1, 0.15) is 0 Å². The average Bonchev–Trinajstić information content (AvgIpc) is 3.93. The standard InChI is InChI=1S/C69H50N2O5/c1-69(2)59-24-14-12-22-54(59)58-41-53(70(50-31-26-45(27-32-50)42-16-6-3-7-17-42)51-33-28-46(29-34-51)62-64(72)66(74)68(76)67(75)65(62)73)40-56(63(58)69)47-30-35-61-57(39-47)55-23-13-15-25-60(55)71(61)52-37-48(43-18-8-4-9-19-43)36-49(38-52)44-20-10-5-11-21-44/h3-41,72-76H,1-2H3. The highest BCUT2D eigenvalue weighted by molar-refractivity contribution is 6.11. The predicted octanol–water partition coefficient (Wildman–Crippen LogP) is 17.4. The van der Waals surface area contributed by atoms with Gasteiger partial charge in [-0.05, 0) is 145 Å². The number of para-hydroxylation sites is 1. The van der Waals surface area contributed by atoms with Crippen molar-refractivity contribution in [2.75, 3.05) is 4.90 Å². The van der Waals surface area contributed by atoms with Crippen LogP contribution in [0.25, 0.3) is 94.3 Å². The third kappa shape index (κ3) is 7.43. The van der Waals surface area contributed by atoms with E-state index in [1.165, 1.54) is 16.7 Å². The number of fused-ring (bicyclic) bond motifs is 6. The van der Waals surface area contributed by atoms with Crippen LogP contribution in [0.1, 0.15) is 25.0 Å². The Bertz CT molecular complexity index is 4140. The fraction of sp³-hybridized carbons (Fsp3) is 0.0435. The number of phenolic OH excluding ortho intramolecular Hbond substituents is 5. The largest absolute Gasteiger partial charge is 0.504 e. The molecule has 11 aromatic carbocycles. The van der Waals surface area contributed by atoms with Crippen LogP contribution < -0.4 is 4.90 Å². The highest BCUT2D eigenvalue weighted by atomic mass is 16.4. The minimum atomic E-state index is -1.01. The highest BCUT2D eigenvalue weighted by Gasteiger charge is 2.39. The summed E-state index contributed by atoms with van der Waals surface area (Å²) in [6.07, 6.45) is 0. The molecular formula is C69H50N2O5. The van der Waals surface area contributed by atoms with E-state index in [4.69, 9.17) is 0 Å². The summed E-state index contributed by atoms with van der Waals surface area (Å²) in [4.78, 5) is 2.20. The van der Waals surface area contributed by atoms with E-state index in [2.05, 4.69) is 217 Å². The van der Waals surface area contributed by atoms with Gasteiger partial charge in [-0.3, -0.25) is 0 Å². The number of aromatic nitrogens is 1. The number of hydrogen-bond donors (Lipinski definition) is 5. The molecule has 1 aliphatic carbocycles. The van der Waals surface area contributed by atoms with Crippen molar-refractivity contribution >= 4 is 38.9 Å². The molecule has 5 N–H and O–H groups in total. The van der Waals surface area contributed by atoms with Crippen LogP contribution in [0.5, 0.6) is 28.7 Å². The second-order valence-electron chi connectivity index (χ2n) is 20.1. The summed E-state index contributed by atoms with van der Waals surface area (Å²) in [6.45, 7) is 4.63. The van der Waals surface area contributed by atoms with Gasteiger partial charge in [-0.15, -0.1) is 0 Å². The Morgan fingerprint density at radius 3 is 1.39 bits per heavy atom. The molecule has 0 spiro atoms. The Morgan fingerprint density at radius 1 is 0.329 bits per heavy atom. The molecule has 7 heteroatoms. The molecule has 76 heavy (non-hydrogen) atoms. The van der Waals surface area contributed by atoms with E-state index < -0.39 is 28.7 Å². The number of benzene rings is 11. The zero-order chi connectivity index (χ0) is 51.8. The van der Waals surface area contributed by atoms with Crippen molar-refractivity contribution in [2.24, 2.45) is 0 Å². The zero-order valence-electron chi connectivity index (χ0n) is 41.6. The minimum Gasteiger partial charge on any atom is -0.504 e. The number of nitrogens with zero attached hydrogens (tertiary/aromatic N) is 2. The lowest BCUT2D eigenvalue weighted by Gasteiger charge is -2.29. The molecule has 0 aliphatic heterocycles. The Morgan fingerprint density at radius 2 is 0.789 bits per heavy atom. The van der Waals surface area contributed by atoms with Gasteiger partial charge in [0.15, 0.2) is 11.5 Å². The Kier molecular flexibility index (Phi) is 10.8. The van der Waals surface area contributed by atoms with E-state index in [1.807, 2.05) is 30.3 Å². The maximum Gasteiger partial charge on any atom is 0.208 e. The molecule has 1 aliphatic rings. The van der Waals surface area contributed by atoms with E-state index in [0.29, 0.717) is 5.56 Å².